The third-order valence-electron chi connectivity index (χ3n) is 5.46. The van der Waals surface area contributed by atoms with Crippen LogP contribution in [-0.2, 0) is 9.47 Å². The number of carbonyl (C=O) groups is 1. The van der Waals surface area contributed by atoms with Crippen molar-refractivity contribution in [3.63, 3.8) is 0 Å². The van der Waals surface area contributed by atoms with E-state index in [0.29, 0.717) is 24.8 Å². The molecule has 1 aliphatic carbocycles. The average molecular weight is 358 g/mol. The molecule has 26 heavy (non-hydrogen) atoms. The van der Waals surface area contributed by atoms with Gasteiger partial charge in [-0.3, -0.25) is 4.79 Å². The molecule has 2 N–H and O–H groups in total. The Balaban J connectivity index is 1.41. The number of fused-ring (bicyclic) bond motifs is 1. The van der Waals surface area contributed by atoms with Crippen LogP contribution in [-0.4, -0.2) is 50.0 Å². The van der Waals surface area contributed by atoms with Gasteiger partial charge >= 0.3 is 0 Å². The van der Waals surface area contributed by atoms with Gasteiger partial charge in [0.05, 0.1) is 19.8 Å². The number of hydrogen-bond donors (Lipinski definition) is 2. The molecule has 4 rings (SSSR count). The summed E-state index contributed by atoms with van der Waals surface area (Å²) < 4.78 is 16.9. The highest BCUT2D eigenvalue weighted by atomic mass is 16.5. The molecule has 0 spiro atoms. The fourth-order valence-corrected chi connectivity index (χ4v) is 3.57. The van der Waals surface area contributed by atoms with Crippen LogP contribution in [0.5, 0.6) is 5.75 Å². The van der Waals surface area contributed by atoms with Crippen molar-refractivity contribution < 1.29 is 19.0 Å². The molecular weight excluding hydrogens is 332 g/mol. The molecule has 2 aliphatic rings. The summed E-state index contributed by atoms with van der Waals surface area (Å²) in [4.78, 5) is 15.9. The normalized spacial score (nSPS) is 23.6. The Hall–Kier alpha value is -2.05. The van der Waals surface area contributed by atoms with E-state index in [0.717, 1.165) is 29.7 Å². The molecule has 2 aromatic rings. The number of H-pyrrole nitrogens is 1. The average Bonchev–Trinajstić information content (AvgIpc) is 3.05. The number of amides is 1. The van der Waals surface area contributed by atoms with Crippen LogP contribution in [0.1, 0.15) is 36.2 Å². The summed E-state index contributed by atoms with van der Waals surface area (Å²) in [7, 11) is 1.64. The van der Waals surface area contributed by atoms with Crippen LogP contribution >= 0.6 is 0 Å². The predicted octanol–water partition coefficient (Wildman–Crippen LogP) is 2.88. The first-order valence-corrected chi connectivity index (χ1v) is 9.40. The highest BCUT2D eigenvalue weighted by Crippen LogP contribution is 2.27. The van der Waals surface area contributed by atoms with E-state index in [4.69, 9.17) is 14.2 Å². The minimum absolute atomic E-state index is 0.0164. The lowest BCUT2D eigenvalue weighted by Gasteiger charge is -2.34. The summed E-state index contributed by atoms with van der Waals surface area (Å²) in [5.74, 6) is 1.35. The Bertz CT molecular complexity index is 768. The number of aromatic nitrogens is 1. The van der Waals surface area contributed by atoms with E-state index in [1.54, 1.807) is 7.11 Å². The zero-order valence-electron chi connectivity index (χ0n) is 15.1. The Kier molecular flexibility index (Phi) is 5.13. The van der Waals surface area contributed by atoms with E-state index >= 15 is 0 Å². The molecule has 2 fully saturated rings. The minimum Gasteiger partial charge on any atom is -0.497 e. The molecule has 1 amide bonds. The van der Waals surface area contributed by atoms with Gasteiger partial charge in [-0.1, -0.05) is 6.42 Å². The predicted molar refractivity (Wildman–Crippen MR) is 98.6 cm³/mol. The van der Waals surface area contributed by atoms with Crippen LogP contribution in [0.2, 0.25) is 0 Å². The van der Waals surface area contributed by atoms with Crippen LogP contribution in [0.3, 0.4) is 0 Å². The van der Waals surface area contributed by atoms with Crippen LogP contribution < -0.4 is 10.1 Å². The van der Waals surface area contributed by atoms with E-state index in [-0.39, 0.29) is 18.1 Å². The Morgan fingerprint density at radius 3 is 2.96 bits per heavy atom. The third kappa shape index (κ3) is 3.71. The zero-order valence-corrected chi connectivity index (χ0v) is 15.1. The number of ether oxygens (including phenoxy) is 3. The van der Waals surface area contributed by atoms with Gasteiger partial charge in [0.25, 0.3) is 5.91 Å². The minimum atomic E-state index is -0.107. The van der Waals surface area contributed by atoms with Gasteiger partial charge in [0.15, 0.2) is 0 Å². The van der Waals surface area contributed by atoms with Crippen molar-refractivity contribution in [2.75, 3.05) is 26.9 Å². The van der Waals surface area contributed by atoms with Crippen LogP contribution in [0, 0.1) is 5.92 Å². The molecule has 2 atom stereocenters. The highest BCUT2D eigenvalue weighted by Gasteiger charge is 2.30. The number of aromatic amines is 1. The molecule has 0 bridgehead atoms. The van der Waals surface area contributed by atoms with Crippen LogP contribution in [0.15, 0.2) is 24.3 Å². The number of carbonyl (C=O) groups excluding carboxylic acids is 1. The molecule has 1 aromatic carbocycles. The molecule has 2 heterocycles. The number of hydrogen-bond acceptors (Lipinski definition) is 4. The second-order valence-corrected chi connectivity index (χ2v) is 7.25. The standard InChI is InChI=1S/C20H26N2O4/c1-24-15-5-6-16-14(9-15)10-18(21-16)20(23)22-17-7-8-25-12-19(17)26-11-13-3-2-4-13/h5-6,9-10,13,17,19,21H,2-4,7-8,11-12H2,1H3,(H,22,23)/t17-,19-/m1/s1. The zero-order chi connectivity index (χ0) is 17.9. The van der Waals surface area contributed by atoms with E-state index in [9.17, 15) is 4.79 Å². The molecule has 1 aromatic heterocycles. The summed E-state index contributed by atoms with van der Waals surface area (Å²) in [6.07, 6.45) is 4.51. The smallest absolute Gasteiger partial charge is 0.268 e. The van der Waals surface area contributed by atoms with Crippen molar-refractivity contribution in [2.45, 2.75) is 37.8 Å². The fraction of sp³-hybridized carbons (Fsp3) is 0.550. The molecule has 1 saturated heterocycles. The van der Waals surface area contributed by atoms with Gasteiger partial charge in [-0.2, -0.15) is 0 Å². The van der Waals surface area contributed by atoms with Crippen LogP contribution in [0.4, 0.5) is 0 Å². The van der Waals surface area contributed by atoms with Gasteiger partial charge in [0, 0.05) is 24.1 Å². The van der Waals surface area contributed by atoms with E-state index in [1.165, 1.54) is 19.3 Å². The Morgan fingerprint density at radius 2 is 2.19 bits per heavy atom. The molecule has 0 unspecified atom stereocenters. The molecule has 140 valence electrons. The molecule has 1 aliphatic heterocycles. The largest absolute Gasteiger partial charge is 0.497 e. The van der Waals surface area contributed by atoms with E-state index in [1.807, 2.05) is 24.3 Å². The summed E-state index contributed by atoms with van der Waals surface area (Å²) >= 11 is 0. The highest BCUT2D eigenvalue weighted by molar-refractivity contribution is 5.98. The quantitative estimate of drug-likeness (QED) is 0.833. The van der Waals surface area contributed by atoms with Gasteiger partial charge in [0.2, 0.25) is 0 Å². The van der Waals surface area contributed by atoms with Crippen molar-refractivity contribution in [3.8, 4) is 5.75 Å². The first-order chi connectivity index (χ1) is 12.7. The van der Waals surface area contributed by atoms with E-state index < -0.39 is 0 Å². The van der Waals surface area contributed by atoms with Crippen molar-refractivity contribution in [1.82, 2.24) is 10.3 Å². The maximum absolute atomic E-state index is 12.7. The first kappa shape index (κ1) is 17.4. The SMILES string of the molecule is COc1ccc2[nH]c(C(=O)N[C@@H]3CCOC[C@H]3OCC3CCC3)cc2c1. The molecule has 1 saturated carbocycles. The lowest BCUT2D eigenvalue weighted by atomic mass is 9.86. The maximum atomic E-state index is 12.7. The summed E-state index contributed by atoms with van der Waals surface area (Å²) in [5, 5.41) is 4.09. The molecule has 6 nitrogen and oxygen atoms in total. The lowest BCUT2D eigenvalue weighted by Crippen LogP contribution is -2.50. The summed E-state index contributed by atoms with van der Waals surface area (Å²) in [6, 6.07) is 7.56. The molecule has 6 heteroatoms. The van der Waals surface area contributed by atoms with Crippen molar-refractivity contribution in [3.05, 3.63) is 30.0 Å². The lowest BCUT2D eigenvalue weighted by molar-refractivity contribution is -0.0819. The third-order valence-corrected chi connectivity index (χ3v) is 5.46. The van der Waals surface area contributed by atoms with Crippen molar-refractivity contribution in [1.29, 1.82) is 0 Å². The van der Waals surface area contributed by atoms with Gasteiger partial charge in [-0.15, -0.1) is 0 Å². The molecular formula is C20H26N2O4. The summed E-state index contributed by atoms with van der Waals surface area (Å²) in [5.41, 5.74) is 1.47. The second kappa shape index (κ2) is 7.68. The number of nitrogens with one attached hydrogen (secondary N) is 2. The number of methoxy groups -OCH3 is 1. The summed E-state index contributed by atoms with van der Waals surface area (Å²) in [6.45, 7) is 1.96. The van der Waals surface area contributed by atoms with E-state index in [2.05, 4.69) is 10.3 Å². The Labute approximate surface area is 153 Å². The second-order valence-electron chi connectivity index (χ2n) is 7.25. The van der Waals surface area contributed by atoms with Crippen LogP contribution in [0.25, 0.3) is 10.9 Å². The molecule has 0 radical (unpaired) electrons. The van der Waals surface area contributed by atoms with Gasteiger partial charge in [-0.25, -0.2) is 0 Å². The van der Waals surface area contributed by atoms with Gasteiger partial charge in [0.1, 0.15) is 17.5 Å². The topological polar surface area (TPSA) is 72.6 Å². The van der Waals surface area contributed by atoms with Crippen molar-refractivity contribution in [2.24, 2.45) is 5.92 Å². The van der Waals surface area contributed by atoms with Gasteiger partial charge in [-0.05, 0) is 49.4 Å². The first-order valence-electron chi connectivity index (χ1n) is 9.40. The number of rotatable bonds is 6. The van der Waals surface area contributed by atoms with Gasteiger partial charge < -0.3 is 24.5 Å². The van der Waals surface area contributed by atoms with Crippen molar-refractivity contribution >= 4 is 16.8 Å². The Morgan fingerprint density at radius 1 is 1.31 bits per heavy atom. The fourth-order valence-electron chi connectivity index (χ4n) is 3.57. The number of benzene rings is 1. The maximum Gasteiger partial charge on any atom is 0.268 e. The monoisotopic (exact) mass is 358 g/mol.